The van der Waals surface area contributed by atoms with Crippen molar-refractivity contribution in [1.82, 2.24) is 9.66 Å². The minimum absolute atomic E-state index is 0.158. The van der Waals surface area contributed by atoms with Gasteiger partial charge in [0.05, 0.1) is 27.8 Å². The number of unbranched alkanes of at least 4 members (excludes halogenated alkanes) is 1. The van der Waals surface area contributed by atoms with Crippen LogP contribution in [0.1, 0.15) is 31.2 Å². The number of methoxy groups -OCH3 is 1. The molecule has 0 bridgehead atoms. The first kappa shape index (κ1) is 23.4. The van der Waals surface area contributed by atoms with Gasteiger partial charge in [0.25, 0.3) is 5.56 Å². The van der Waals surface area contributed by atoms with Gasteiger partial charge in [-0.1, -0.05) is 29.3 Å². The zero-order chi connectivity index (χ0) is 22.4. The summed E-state index contributed by atoms with van der Waals surface area (Å²) < 4.78 is 13.0. The van der Waals surface area contributed by atoms with Crippen LogP contribution in [0.3, 0.4) is 0 Å². The van der Waals surface area contributed by atoms with Gasteiger partial charge in [0.15, 0.2) is 6.61 Å². The number of nitrogens with zero attached hydrogens (tertiary/aromatic N) is 3. The second kappa shape index (κ2) is 10.9. The number of hydrogen-bond donors (Lipinski definition) is 0. The third kappa shape index (κ3) is 5.91. The quantitative estimate of drug-likeness (QED) is 0.216. The predicted octanol–water partition coefficient (Wildman–Crippen LogP) is 4.54. The van der Waals surface area contributed by atoms with Crippen LogP contribution in [0.2, 0.25) is 0 Å². The Kier molecular flexibility index (Phi) is 8.19. The standard InChI is InChI=1S/C22H21BrIN3O4/c1-3-4-5-20-26-18-8-7-15(23)11-16(18)22(29)27(20)25-12-14-6-9-19(17(24)10-14)31-13-21(28)30-2/h6-12H,3-5,13H2,1-2H3. The first-order chi connectivity index (χ1) is 14.9. The fraction of sp³-hybridized carbons (Fsp3) is 0.273. The van der Waals surface area contributed by atoms with Crippen molar-refractivity contribution in [2.24, 2.45) is 5.10 Å². The Morgan fingerprint density at radius 3 is 2.81 bits per heavy atom. The number of fused-ring (bicyclic) bond motifs is 1. The van der Waals surface area contributed by atoms with E-state index in [4.69, 9.17) is 4.74 Å². The molecule has 3 aromatic rings. The molecule has 0 saturated carbocycles. The number of aromatic nitrogens is 2. The fourth-order valence-corrected chi connectivity index (χ4v) is 3.90. The summed E-state index contributed by atoms with van der Waals surface area (Å²) in [5, 5.41) is 4.96. The minimum Gasteiger partial charge on any atom is -0.481 e. The van der Waals surface area contributed by atoms with Crippen molar-refractivity contribution in [3.05, 3.63) is 66.2 Å². The molecule has 0 spiro atoms. The fourth-order valence-electron chi connectivity index (χ4n) is 2.84. The van der Waals surface area contributed by atoms with Gasteiger partial charge in [0.1, 0.15) is 11.6 Å². The third-order valence-corrected chi connectivity index (χ3v) is 5.82. The van der Waals surface area contributed by atoms with Gasteiger partial charge < -0.3 is 9.47 Å². The normalized spacial score (nSPS) is 11.2. The van der Waals surface area contributed by atoms with Crippen molar-refractivity contribution in [3.63, 3.8) is 0 Å². The Morgan fingerprint density at radius 2 is 2.10 bits per heavy atom. The zero-order valence-electron chi connectivity index (χ0n) is 17.1. The van der Waals surface area contributed by atoms with E-state index in [2.05, 4.69) is 60.3 Å². The predicted molar refractivity (Wildman–Crippen MR) is 132 cm³/mol. The highest BCUT2D eigenvalue weighted by atomic mass is 127. The van der Waals surface area contributed by atoms with Crippen molar-refractivity contribution >= 4 is 61.6 Å². The molecule has 162 valence electrons. The molecule has 0 fully saturated rings. The molecule has 31 heavy (non-hydrogen) atoms. The highest BCUT2D eigenvalue weighted by Gasteiger charge is 2.11. The molecule has 0 unspecified atom stereocenters. The van der Waals surface area contributed by atoms with Crippen molar-refractivity contribution in [2.75, 3.05) is 13.7 Å². The number of esters is 1. The Labute approximate surface area is 201 Å². The number of rotatable bonds is 8. The van der Waals surface area contributed by atoms with Crippen molar-refractivity contribution in [3.8, 4) is 5.75 Å². The number of aryl methyl sites for hydroxylation is 1. The molecule has 0 radical (unpaired) electrons. The number of carbonyl (C=O) groups is 1. The lowest BCUT2D eigenvalue weighted by Gasteiger charge is -2.10. The average molecular weight is 598 g/mol. The van der Waals surface area contributed by atoms with E-state index in [1.807, 2.05) is 18.2 Å². The van der Waals surface area contributed by atoms with Crippen molar-refractivity contribution in [1.29, 1.82) is 0 Å². The van der Waals surface area contributed by atoms with E-state index in [1.165, 1.54) is 11.8 Å². The van der Waals surface area contributed by atoms with Crippen LogP contribution < -0.4 is 10.3 Å². The van der Waals surface area contributed by atoms with Gasteiger partial charge in [-0.25, -0.2) is 9.78 Å². The Hall–Kier alpha value is -2.27. The van der Waals surface area contributed by atoms with Crippen LogP contribution in [-0.4, -0.2) is 35.6 Å². The molecule has 1 heterocycles. The van der Waals surface area contributed by atoms with E-state index >= 15 is 0 Å². The van der Waals surface area contributed by atoms with Crippen LogP contribution in [0.4, 0.5) is 0 Å². The maximum absolute atomic E-state index is 13.1. The van der Waals surface area contributed by atoms with E-state index in [0.29, 0.717) is 28.9 Å². The van der Waals surface area contributed by atoms with Crippen LogP contribution in [0, 0.1) is 3.57 Å². The average Bonchev–Trinajstić information content (AvgIpc) is 2.76. The van der Waals surface area contributed by atoms with E-state index in [-0.39, 0.29) is 12.2 Å². The molecule has 0 saturated heterocycles. The van der Waals surface area contributed by atoms with Gasteiger partial charge in [-0.05, 0) is 71.0 Å². The third-order valence-electron chi connectivity index (χ3n) is 4.48. The SMILES string of the molecule is CCCCc1nc2ccc(Br)cc2c(=O)n1N=Cc1ccc(OCC(=O)OC)c(I)c1. The maximum atomic E-state index is 13.1. The zero-order valence-corrected chi connectivity index (χ0v) is 20.8. The van der Waals surface area contributed by atoms with Gasteiger partial charge in [0.2, 0.25) is 0 Å². The Morgan fingerprint density at radius 1 is 1.29 bits per heavy atom. The van der Waals surface area contributed by atoms with Gasteiger partial charge in [-0.2, -0.15) is 9.78 Å². The molecule has 0 aliphatic carbocycles. The van der Waals surface area contributed by atoms with Crippen molar-refractivity contribution < 1.29 is 14.3 Å². The molecule has 1 aromatic heterocycles. The lowest BCUT2D eigenvalue weighted by molar-refractivity contribution is -0.142. The molecule has 3 rings (SSSR count). The minimum atomic E-state index is -0.448. The summed E-state index contributed by atoms with van der Waals surface area (Å²) in [6, 6.07) is 10.9. The number of benzene rings is 2. The highest BCUT2D eigenvalue weighted by molar-refractivity contribution is 14.1. The summed E-state index contributed by atoms with van der Waals surface area (Å²) >= 11 is 5.53. The monoisotopic (exact) mass is 597 g/mol. The number of halogens is 2. The molecule has 0 aliphatic heterocycles. The maximum Gasteiger partial charge on any atom is 0.343 e. The molecule has 0 atom stereocenters. The molecule has 0 N–H and O–H groups in total. The second-order valence-electron chi connectivity index (χ2n) is 6.71. The van der Waals surface area contributed by atoms with E-state index in [1.54, 1.807) is 24.4 Å². The molecule has 0 aliphatic rings. The van der Waals surface area contributed by atoms with Crippen LogP contribution in [0.15, 0.2) is 50.8 Å². The molecular formula is C22H21BrIN3O4. The summed E-state index contributed by atoms with van der Waals surface area (Å²) in [5.41, 5.74) is 1.24. The highest BCUT2D eigenvalue weighted by Crippen LogP contribution is 2.22. The summed E-state index contributed by atoms with van der Waals surface area (Å²) in [5.74, 6) is 0.752. The first-order valence-corrected chi connectivity index (χ1v) is 11.5. The second-order valence-corrected chi connectivity index (χ2v) is 8.79. The summed E-state index contributed by atoms with van der Waals surface area (Å²) in [6.45, 7) is 1.93. The Balaban J connectivity index is 1.94. The van der Waals surface area contributed by atoms with Crippen LogP contribution in [0.25, 0.3) is 10.9 Å². The first-order valence-electron chi connectivity index (χ1n) is 9.67. The number of ether oxygens (including phenoxy) is 2. The van der Waals surface area contributed by atoms with Crippen LogP contribution in [0.5, 0.6) is 5.75 Å². The molecule has 0 amide bonds. The largest absolute Gasteiger partial charge is 0.481 e. The lowest BCUT2D eigenvalue weighted by atomic mass is 10.2. The van der Waals surface area contributed by atoms with Gasteiger partial charge >= 0.3 is 5.97 Å². The van der Waals surface area contributed by atoms with Gasteiger partial charge in [0, 0.05) is 10.9 Å². The van der Waals surface area contributed by atoms with Gasteiger partial charge in [-0.15, -0.1) is 0 Å². The number of carbonyl (C=O) groups excluding carboxylic acids is 1. The number of hydrogen-bond acceptors (Lipinski definition) is 6. The van der Waals surface area contributed by atoms with Crippen LogP contribution in [-0.2, 0) is 16.0 Å². The molecule has 7 nitrogen and oxygen atoms in total. The van der Waals surface area contributed by atoms with Crippen LogP contribution >= 0.6 is 38.5 Å². The summed E-state index contributed by atoms with van der Waals surface area (Å²) in [4.78, 5) is 29.0. The van der Waals surface area contributed by atoms with E-state index < -0.39 is 5.97 Å². The van der Waals surface area contributed by atoms with E-state index in [0.717, 1.165) is 26.4 Å². The molecular weight excluding hydrogens is 577 g/mol. The molecule has 2 aromatic carbocycles. The van der Waals surface area contributed by atoms with E-state index in [9.17, 15) is 9.59 Å². The lowest BCUT2D eigenvalue weighted by Crippen LogP contribution is -2.22. The summed E-state index contributed by atoms with van der Waals surface area (Å²) in [7, 11) is 1.31. The topological polar surface area (TPSA) is 82.8 Å². The molecule has 9 heteroatoms. The summed E-state index contributed by atoms with van der Waals surface area (Å²) in [6.07, 6.45) is 4.18. The Bertz CT molecular complexity index is 1190. The smallest absolute Gasteiger partial charge is 0.343 e. The van der Waals surface area contributed by atoms with Gasteiger partial charge in [-0.3, -0.25) is 4.79 Å². The van der Waals surface area contributed by atoms with Crippen molar-refractivity contribution in [2.45, 2.75) is 26.2 Å².